The highest BCUT2D eigenvalue weighted by molar-refractivity contribution is 7.90. The monoisotopic (exact) mass is 370 g/mol. The van der Waals surface area contributed by atoms with Crippen molar-refractivity contribution in [1.82, 2.24) is 0 Å². The Labute approximate surface area is 147 Å². The summed E-state index contributed by atoms with van der Waals surface area (Å²) in [6.45, 7) is 2.45. The molecule has 1 heterocycles. The van der Waals surface area contributed by atoms with E-state index in [0.29, 0.717) is 5.56 Å². The van der Waals surface area contributed by atoms with Gasteiger partial charge in [0, 0.05) is 20.3 Å². The highest BCUT2D eigenvalue weighted by Gasteiger charge is 2.40. The zero-order valence-corrected chi connectivity index (χ0v) is 15.0. The van der Waals surface area contributed by atoms with Gasteiger partial charge in [-0.1, -0.05) is 30.3 Å². The maximum Gasteiger partial charge on any atom is 0.302 e. The first-order valence-corrected chi connectivity index (χ1v) is 9.77. The fraction of sp³-hybridized carbons (Fsp3) is 0.529. The molecule has 1 fully saturated rings. The fourth-order valence-corrected chi connectivity index (χ4v) is 4.36. The molecule has 0 N–H and O–H groups in total. The summed E-state index contributed by atoms with van der Waals surface area (Å²) >= 11 is 0. The van der Waals surface area contributed by atoms with Crippen LogP contribution in [-0.4, -0.2) is 51.0 Å². The molecule has 1 saturated heterocycles. The summed E-state index contributed by atoms with van der Waals surface area (Å²) in [4.78, 5) is 22.2. The lowest BCUT2D eigenvalue weighted by Gasteiger charge is -2.17. The molecule has 1 aliphatic heterocycles. The molecule has 2 rings (SSSR count). The average Bonchev–Trinajstić information content (AvgIpc) is 2.85. The lowest BCUT2D eigenvalue weighted by molar-refractivity contribution is -0.154. The molecule has 25 heavy (non-hydrogen) atoms. The maximum absolute atomic E-state index is 12.4. The zero-order chi connectivity index (χ0) is 18.4. The van der Waals surface area contributed by atoms with Gasteiger partial charge in [-0.3, -0.25) is 9.59 Å². The summed E-state index contributed by atoms with van der Waals surface area (Å²) in [5.41, 5.74) is 0.702. The normalized spacial score (nSPS) is 23.2. The molecule has 0 spiro atoms. The molecule has 1 aromatic carbocycles. The first-order chi connectivity index (χ1) is 11.7. The Morgan fingerprint density at radius 3 is 2.44 bits per heavy atom. The van der Waals surface area contributed by atoms with Crippen molar-refractivity contribution in [2.24, 2.45) is 0 Å². The van der Waals surface area contributed by atoms with Gasteiger partial charge < -0.3 is 14.2 Å². The predicted molar refractivity (Wildman–Crippen MR) is 89.4 cm³/mol. The standard InChI is InChI=1S/C17H22O7S/c1-12(18)22-9-17-16(23-13(2)19)8-15(24-17)11-25(20,21)10-14-6-4-3-5-7-14/h3-7,15-17H,8-11H2,1-2H3/t15-,16+,17-/m1/s1. The first kappa shape index (κ1) is 19.4. The van der Waals surface area contributed by atoms with Crippen LogP contribution in [0, 0.1) is 0 Å². The van der Waals surface area contributed by atoms with Crippen LogP contribution in [-0.2, 0) is 39.4 Å². The fourth-order valence-electron chi connectivity index (χ4n) is 2.76. The molecule has 0 saturated carbocycles. The summed E-state index contributed by atoms with van der Waals surface area (Å²) in [6, 6.07) is 8.88. The summed E-state index contributed by atoms with van der Waals surface area (Å²) in [6.07, 6.45) is -1.66. The summed E-state index contributed by atoms with van der Waals surface area (Å²) in [7, 11) is -3.40. The Balaban J connectivity index is 1.99. The van der Waals surface area contributed by atoms with Crippen molar-refractivity contribution in [1.29, 1.82) is 0 Å². The number of rotatable bonds is 7. The van der Waals surface area contributed by atoms with Gasteiger partial charge in [-0.2, -0.15) is 0 Å². The molecule has 0 aliphatic carbocycles. The van der Waals surface area contributed by atoms with Crippen LogP contribution in [0.4, 0.5) is 0 Å². The molecule has 0 amide bonds. The molecule has 0 unspecified atom stereocenters. The molecule has 7 nitrogen and oxygen atoms in total. The van der Waals surface area contributed by atoms with Crippen LogP contribution in [0.15, 0.2) is 30.3 Å². The highest BCUT2D eigenvalue weighted by atomic mass is 32.2. The number of hydrogen-bond acceptors (Lipinski definition) is 7. The SMILES string of the molecule is CC(=O)OC[C@H]1O[C@@H](CS(=O)(=O)Cc2ccccc2)C[C@@H]1OC(C)=O. The highest BCUT2D eigenvalue weighted by Crippen LogP contribution is 2.26. The van der Waals surface area contributed by atoms with E-state index in [4.69, 9.17) is 14.2 Å². The van der Waals surface area contributed by atoms with Gasteiger partial charge >= 0.3 is 11.9 Å². The van der Waals surface area contributed by atoms with Gasteiger partial charge in [0.1, 0.15) is 18.8 Å². The van der Waals surface area contributed by atoms with Gasteiger partial charge in [0.2, 0.25) is 0 Å². The Morgan fingerprint density at radius 2 is 1.84 bits per heavy atom. The molecular formula is C17H22O7S. The number of esters is 2. The Hall–Kier alpha value is -1.93. The van der Waals surface area contributed by atoms with Crippen molar-refractivity contribution in [3.63, 3.8) is 0 Å². The topological polar surface area (TPSA) is 96.0 Å². The number of hydrogen-bond donors (Lipinski definition) is 0. The van der Waals surface area contributed by atoms with E-state index in [2.05, 4.69) is 0 Å². The van der Waals surface area contributed by atoms with Crippen LogP contribution < -0.4 is 0 Å². The van der Waals surface area contributed by atoms with Crippen molar-refractivity contribution in [3.8, 4) is 0 Å². The van der Waals surface area contributed by atoms with Crippen LogP contribution in [0.2, 0.25) is 0 Å². The zero-order valence-electron chi connectivity index (χ0n) is 14.2. The number of sulfone groups is 1. The van der Waals surface area contributed by atoms with E-state index in [1.165, 1.54) is 13.8 Å². The van der Waals surface area contributed by atoms with Crippen molar-refractivity contribution in [2.75, 3.05) is 12.4 Å². The summed E-state index contributed by atoms with van der Waals surface area (Å²) in [5.74, 6) is -1.24. The van der Waals surface area contributed by atoms with Crippen molar-refractivity contribution in [2.45, 2.75) is 44.3 Å². The van der Waals surface area contributed by atoms with E-state index in [1.54, 1.807) is 24.3 Å². The van der Waals surface area contributed by atoms with Gasteiger partial charge in [-0.05, 0) is 5.56 Å². The Morgan fingerprint density at radius 1 is 1.16 bits per heavy atom. The molecule has 8 heteroatoms. The lowest BCUT2D eigenvalue weighted by Crippen LogP contribution is -2.31. The van der Waals surface area contributed by atoms with Gasteiger partial charge in [-0.25, -0.2) is 8.42 Å². The molecule has 0 bridgehead atoms. The second kappa shape index (κ2) is 8.44. The first-order valence-electron chi connectivity index (χ1n) is 7.95. The van der Waals surface area contributed by atoms with Crippen LogP contribution >= 0.6 is 0 Å². The minimum atomic E-state index is -3.40. The molecule has 0 radical (unpaired) electrons. The van der Waals surface area contributed by atoms with Crippen molar-refractivity contribution >= 4 is 21.8 Å². The third-order valence-electron chi connectivity index (χ3n) is 3.71. The smallest absolute Gasteiger partial charge is 0.302 e. The molecule has 1 aliphatic rings. The largest absolute Gasteiger partial charge is 0.463 e. The molecule has 1 aromatic rings. The number of ether oxygens (including phenoxy) is 3. The van der Waals surface area contributed by atoms with E-state index >= 15 is 0 Å². The average molecular weight is 370 g/mol. The number of carbonyl (C=O) groups is 2. The Kier molecular flexibility index (Phi) is 6.55. The quantitative estimate of drug-likeness (QED) is 0.667. The molecular weight excluding hydrogens is 348 g/mol. The number of carbonyl (C=O) groups excluding carboxylic acids is 2. The minimum Gasteiger partial charge on any atom is -0.463 e. The minimum absolute atomic E-state index is 0.0808. The van der Waals surface area contributed by atoms with Gasteiger partial charge in [0.05, 0.1) is 17.6 Å². The van der Waals surface area contributed by atoms with E-state index in [0.717, 1.165) is 0 Å². The van der Waals surface area contributed by atoms with E-state index < -0.39 is 40.1 Å². The van der Waals surface area contributed by atoms with Crippen LogP contribution in [0.1, 0.15) is 25.8 Å². The second-order valence-electron chi connectivity index (χ2n) is 6.02. The van der Waals surface area contributed by atoms with Crippen molar-refractivity contribution in [3.05, 3.63) is 35.9 Å². The van der Waals surface area contributed by atoms with Crippen LogP contribution in [0.3, 0.4) is 0 Å². The Bertz CT molecular complexity index is 699. The van der Waals surface area contributed by atoms with Gasteiger partial charge in [0.25, 0.3) is 0 Å². The molecule has 138 valence electrons. The van der Waals surface area contributed by atoms with Crippen LogP contribution in [0.5, 0.6) is 0 Å². The van der Waals surface area contributed by atoms with Crippen LogP contribution in [0.25, 0.3) is 0 Å². The predicted octanol–water partition coefficient (Wildman–Crippen LogP) is 1.25. The van der Waals surface area contributed by atoms with Gasteiger partial charge in [0.15, 0.2) is 9.84 Å². The van der Waals surface area contributed by atoms with E-state index in [1.807, 2.05) is 6.07 Å². The molecule has 0 aromatic heterocycles. The maximum atomic E-state index is 12.4. The molecule has 3 atom stereocenters. The number of benzene rings is 1. The lowest BCUT2D eigenvalue weighted by atomic mass is 10.1. The summed E-state index contributed by atoms with van der Waals surface area (Å²) in [5, 5.41) is 0. The van der Waals surface area contributed by atoms with Gasteiger partial charge in [-0.15, -0.1) is 0 Å². The summed E-state index contributed by atoms with van der Waals surface area (Å²) < 4.78 is 40.5. The van der Waals surface area contributed by atoms with E-state index in [9.17, 15) is 18.0 Å². The second-order valence-corrected chi connectivity index (χ2v) is 8.13. The van der Waals surface area contributed by atoms with Crippen molar-refractivity contribution < 1.29 is 32.2 Å². The van der Waals surface area contributed by atoms with E-state index in [-0.39, 0.29) is 24.5 Å². The third-order valence-corrected chi connectivity index (χ3v) is 5.37. The third kappa shape index (κ3) is 6.47.